The highest BCUT2D eigenvalue weighted by molar-refractivity contribution is 7.99. The number of hydrogen-bond donors (Lipinski definition) is 1. The normalized spacial score (nSPS) is 11.0. The van der Waals surface area contributed by atoms with Gasteiger partial charge in [-0.3, -0.25) is 19.0 Å². The predicted octanol–water partition coefficient (Wildman–Crippen LogP) is 2.99. The molecule has 32 heavy (non-hydrogen) atoms. The lowest BCUT2D eigenvalue weighted by Crippen LogP contribution is -2.43. The van der Waals surface area contributed by atoms with Crippen LogP contribution in [0.2, 0.25) is 0 Å². The van der Waals surface area contributed by atoms with Crippen molar-refractivity contribution in [3.8, 4) is 5.69 Å². The number of halogens is 1. The Bertz CT molecular complexity index is 1200. The molecule has 0 unspecified atom stereocenters. The van der Waals surface area contributed by atoms with Crippen molar-refractivity contribution < 1.29 is 14.0 Å². The first kappa shape index (κ1) is 23.5. The molecule has 0 saturated heterocycles. The Morgan fingerprint density at radius 1 is 1.16 bits per heavy atom. The molecule has 0 fully saturated rings. The van der Waals surface area contributed by atoms with Gasteiger partial charge in [0.2, 0.25) is 11.8 Å². The van der Waals surface area contributed by atoms with E-state index in [1.165, 1.54) is 27.7 Å². The number of amides is 2. The van der Waals surface area contributed by atoms with Crippen LogP contribution in [-0.4, -0.2) is 51.1 Å². The van der Waals surface area contributed by atoms with Gasteiger partial charge in [-0.25, -0.2) is 9.37 Å². The number of benzene rings is 2. The number of para-hydroxylation sites is 2. The summed E-state index contributed by atoms with van der Waals surface area (Å²) in [7, 11) is 0. The number of fused-ring (bicyclic) bond motifs is 1. The molecule has 7 nitrogen and oxygen atoms in total. The second-order valence-corrected chi connectivity index (χ2v) is 8.36. The Morgan fingerprint density at radius 3 is 2.53 bits per heavy atom. The van der Waals surface area contributed by atoms with E-state index in [-0.39, 0.29) is 41.0 Å². The van der Waals surface area contributed by atoms with Gasteiger partial charge in [-0.1, -0.05) is 36.0 Å². The molecule has 1 N–H and O–H groups in total. The molecule has 3 aromatic rings. The number of hydrogen-bond acceptors (Lipinski definition) is 5. The van der Waals surface area contributed by atoms with Crippen molar-refractivity contribution in [1.29, 1.82) is 0 Å². The molecule has 1 heterocycles. The van der Waals surface area contributed by atoms with Gasteiger partial charge in [-0.15, -0.1) is 0 Å². The average Bonchev–Trinajstić information content (AvgIpc) is 2.76. The Kier molecular flexibility index (Phi) is 7.63. The second kappa shape index (κ2) is 10.4. The fourth-order valence-electron chi connectivity index (χ4n) is 3.19. The summed E-state index contributed by atoms with van der Waals surface area (Å²) in [5.41, 5.74) is 0.109. The van der Waals surface area contributed by atoms with Crippen molar-refractivity contribution in [2.45, 2.75) is 32.0 Å². The van der Waals surface area contributed by atoms with E-state index in [1.807, 2.05) is 13.8 Å². The van der Waals surface area contributed by atoms with Gasteiger partial charge in [0, 0.05) is 12.6 Å². The summed E-state index contributed by atoms with van der Waals surface area (Å²) in [6, 6.07) is 12.7. The van der Waals surface area contributed by atoms with Crippen LogP contribution in [0.4, 0.5) is 4.39 Å². The van der Waals surface area contributed by atoms with Crippen LogP contribution in [0, 0.1) is 5.82 Å². The zero-order chi connectivity index (χ0) is 23.3. The van der Waals surface area contributed by atoms with E-state index in [0.717, 1.165) is 11.8 Å². The molecule has 1 aromatic heterocycles. The fraction of sp³-hybridized carbons (Fsp3) is 0.304. The Labute approximate surface area is 189 Å². The molecule has 0 aliphatic rings. The molecule has 168 valence electrons. The van der Waals surface area contributed by atoms with Crippen LogP contribution in [0.1, 0.15) is 20.8 Å². The number of likely N-dealkylation sites (N-methyl/N-ethyl adjacent to an activating group) is 1. The van der Waals surface area contributed by atoms with Crippen LogP contribution >= 0.6 is 11.8 Å². The Hall–Kier alpha value is -3.20. The van der Waals surface area contributed by atoms with E-state index in [9.17, 15) is 18.8 Å². The number of thioether (sulfide) groups is 1. The number of nitrogens with one attached hydrogen (secondary N) is 1. The number of carbonyl (C=O) groups excluding carboxylic acids is 2. The molecule has 0 radical (unpaired) electrons. The first-order valence-electron chi connectivity index (χ1n) is 10.3. The largest absolute Gasteiger partial charge is 0.352 e. The Balaban J connectivity index is 1.92. The molecule has 0 spiro atoms. The fourth-order valence-corrected chi connectivity index (χ4v) is 4.10. The lowest BCUT2D eigenvalue weighted by Gasteiger charge is -2.21. The summed E-state index contributed by atoms with van der Waals surface area (Å²) in [6.45, 7) is 5.78. The van der Waals surface area contributed by atoms with E-state index < -0.39 is 11.4 Å². The standard InChI is InChI=1S/C23H25FN4O3S/c1-4-27(13-20(29)25-15(2)3)21(30)14-32-23-26-18-11-7-5-9-16(18)22(31)28(23)19-12-8-6-10-17(19)24/h5-12,15H,4,13-14H2,1-3H3,(H,25,29). The predicted molar refractivity (Wildman–Crippen MR) is 124 cm³/mol. The lowest BCUT2D eigenvalue weighted by molar-refractivity contribution is -0.134. The molecular weight excluding hydrogens is 431 g/mol. The summed E-state index contributed by atoms with van der Waals surface area (Å²) < 4.78 is 15.7. The minimum absolute atomic E-state index is 0.0253. The van der Waals surface area contributed by atoms with Crippen LogP contribution in [0.3, 0.4) is 0 Å². The zero-order valence-electron chi connectivity index (χ0n) is 18.2. The van der Waals surface area contributed by atoms with Crippen molar-refractivity contribution >= 4 is 34.5 Å². The SMILES string of the molecule is CCN(CC(=O)NC(C)C)C(=O)CSc1nc2ccccc2c(=O)n1-c1ccccc1F. The highest BCUT2D eigenvalue weighted by Gasteiger charge is 2.20. The van der Waals surface area contributed by atoms with Gasteiger partial charge < -0.3 is 10.2 Å². The maximum Gasteiger partial charge on any atom is 0.266 e. The molecule has 0 saturated carbocycles. The topological polar surface area (TPSA) is 84.3 Å². The first-order valence-corrected chi connectivity index (χ1v) is 11.3. The maximum absolute atomic E-state index is 14.5. The number of carbonyl (C=O) groups is 2. The minimum Gasteiger partial charge on any atom is -0.352 e. The van der Waals surface area contributed by atoms with Crippen LogP contribution in [0.15, 0.2) is 58.5 Å². The third kappa shape index (κ3) is 5.34. The number of aromatic nitrogens is 2. The molecule has 2 aromatic carbocycles. The van der Waals surface area contributed by atoms with E-state index in [0.29, 0.717) is 17.4 Å². The molecule has 0 aliphatic carbocycles. The highest BCUT2D eigenvalue weighted by Crippen LogP contribution is 2.23. The zero-order valence-corrected chi connectivity index (χ0v) is 19.0. The van der Waals surface area contributed by atoms with Crippen LogP contribution < -0.4 is 10.9 Å². The van der Waals surface area contributed by atoms with Crippen molar-refractivity contribution in [3.63, 3.8) is 0 Å². The van der Waals surface area contributed by atoms with E-state index in [2.05, 4.69) is 10.3 Å². The van der Waals surface area contributed by atoms with Gasteiger partial charge in [-0.2, -0.15) is 0 Å². The lowest BCUT2D eigenvalue weighted by atomic mass is 10.2. The van der Waals surface area contributed by atoms with Crippen LogP contribution in [-0.2, 0) is 9.59 Å². The minimum atomic E-state index is -0.569. The molecule has 3 rings (SSSR count). The van der Waals surface area contributed by atoms with Gasteiger partial charge >= 0.3 is 0 Å². The molecule has 0 bridgehead atoms. The third-order valence-electron chi connectivity index (χ3n) is 4.68. The van der Waals surface area contributed by atoms with Crippen molar-refractivity contribution in [3.05, 3.63) is 64.7 Å². The van der Waals surface area contributed by atoms with Gasteiger partial charge in [0.15, 0.2) is 5.16 Å². The molecule has 0 aliphatic heterocycles. The highest BCUT2D eigenvalue weighted by atomic mass is 32.2. The first-order chi connectivity index (χ1) is 15.3. The van der Waals surface area contributed by atoms with Crippen molar-refractivity contribution in [2.75, 3.05) is 18.8 Å². The van der Waals surface area contributed by atoms with E-state index in [1.54, 1.807) is 37.3 Å². The number of nitrogens with zero attached hydrogens (tertiary/aromatic N) is 3. The summed E-state index contributed by atoms with van der Waals surface area (Å²) in [5.74, 6) is -1.14. The summed E-state index contributed by atoms with van der Waals surface area (Å²) in [5, 5.41) is 3.32. The van der Waals surface area contributed by atoms with Crippen LogP contribution in [0.5, 0.6) is 0 Å². The van der Waals surface area contributed by atoms with Gasteiger partial charge in [0.05, 0.1) is 28.9 Å². The summed E-state index contributed by atoms with van der Waals surface area (Å²) in [6.07, 6.45) is 0. The molecule has 0 atom stereocenters. The van der Waals surface area contributed by atoms with Gasteiger partial charge in [0.1, 0.15) is 5.82 Å². The quantitative estimate of drug-likeness (QED) is 0.416. The summed E-state index contributed by atoms with van der Waals surface area (Å²) in [4.78, 5) is 44.0. The summed E-state index contributed by atoms with van der Waals surface area (Å²) >= 11 is 1.03. The third-order valence-corrected chi connectivity index (χ3v) is 5.60. The molecule has 9 heteroatoms. The Morgan fingerprint density at radius 2 is 1.84 bits per heavy atom. The van der Waals surface area contributed by atoms with Gasteiger partial charge in [-0.05, 0) is 45.0 Å². The van der Waals surface area contributed by atoms with Crippen molar-refractivity contribution in [2.24, 2.45) is 0 Å². The smallest absolute Gasteiger partial charge is 0.266 e. The monoisotopic (exact) mass is 456 g/mol. The van der Waals surface area contributed by atoms with E-state index >= 15 is 0 Å². The molecular formula is C23H25FN4O3S. The van der Waals surface area contributed by atoms with Gasteiger partial charge in [0.25, 0.3) is 5.56 Å². The second-order valence-electron chi connectivity index (χ2n) is 7.42. The van der Waals surface area contributed by atoms with E-state index in [4.69, 9.17) is 0 Å². The maximum atomic E-state index is 14.5. The molecule has 2 amide bonds. The average molecular weight is 457 g/mol. The van der Waals surface area contributed by atoms with Crippen LogP contribution in [0.25, 0.3) is 16.6 Å². The number of rotatable bonds is 8. The van der Waals surface area contributed by atoms with Crippen molar-refractivity contribution in [1.82, 2.24) is 19.8 Å².